The van der Waals surface area contributed by atoms with Gasteiger partial charge in [-0.1, -0.05) is 32.4 Å². The Bertz CT molecular complexity index is 1380. The second-order valence-electron chi connectivity index (χ2n) is 10.6. The first kappa shape index (κ1) is 24.2. The zero-order valence-corrected chi connectivity index (χ0v) is 21.8. The molecular weight excluding hydrogens is 468 g/mol. The van der Waals surface area contributed by atoms with E-state index in [-0.39, 0.29) is 11.2 Å². The molecule has 0 unspecified atom stereocenters. The van der Waals surface area contributed by atoms with Crippen molar-refractivity contribution in [1.82, 2.24) is 0 Å². The van der Waals surface area contributed by atoms with Crippen molar-refractivity contribution >= 4 is 22.1 Å². The molecule has 1 aliphatic heterocycles. The third kappa shape index (κ3) is 3.88. The maximum atomic E-state index is 13.7. The number of thiophene rings is 1. The number of rotatable bonds is 3. The van der Waals surface area contributed by atoms with Gasteiger partial charge >= 0.3 is 0 Å². The van der Waals surface area contributed by atoms with Crippen molar-refractivity contribution in [2.45, 2.75) is 64.7 Å². The number of hydrogen-bond donors (Lipinski definition) is 1. The summed E-state index contributed by atoms with van der Waals surface area (Å²) >= 11 is 1.60. The lowest BCUT2D eigenvalue weighted by Gasteiger charge is -2.43. The first-order valence-electron chi connectivity index (χ1n) is 12.4. The molecule has 1 atom stereocenters. The number of hydrogen-bond acceptors (Lipinski definition) is 7. The summed E-state index contributed by atoms with van der Waals surface area (Å²) in [5.41, 5.74) is 10.9. The Balaban J connectivity index is 1.76. The van der Waals surface area contributed by atoms with Gasteiger partial charge in [-0.3, -0.25) is 9.69 Å². The van der Waals surface area contributed by atoms with Crippen LogP contribution >= 0.6 is 11.3 Å². The van der Waals surface area contributed by atoms with E-state index >= 15 is 0 Å². The molecule has 0 bridgehead atoms. The Labute approximate surface area is 216 Å². The number of Topliss-reactive ketones (excluding diaryl/α,β-unsaturated/α-hetero) is 1. The molecule has 1 aromatic heterocycles. The van der Waals surface area contributed by atoms with Crippen LogP contribution in [0, 0.1) is 28.1 Å². The van der Waals surface area contributed by atoms with Crippen molar-refractivity contribution in [1.29, 1.82) is 10.5 Å². The largest absolute Gasteiger partial charge is 0.497 e. The summed E-state index contributed by atoms with van der Waals surface area (Å²) in [4.78, 5) is 16.9. The van der Waals surface area contributed by atoms with Crippen molar-refractivity contribution in [3.63, 3.8) is 0 Å². The van der Waals surface area contributed by atoms with Gasteiger partial charge in [0.25, 0.3) is 0 Å². The summed E-state index contributed by atoms with van der Waals surface area (Å²) in [6.07, 6.45) is 6.18. The molecule has 1 aromatic carbocycles. The van der Waals surface area contributed by atoms with E-state index < -0.39 is 5.92 Å². The van der Waals surface area contributed by atoms with E-state index in [1.165, 1.54) is 4.88 Å². The third-order valence-corrected chi connectivity index (χ3v) is 8.82. The highest BCUT2D eigenvalue weighted by Crippen LogP contribution is 2.52. The van der Waals surface area contributed by atoms with Crippen LogP contribution in [0.3, 0.4) is 0 Å². The van der Waals surface area contributed by atoms with Crippen molar-refractivity contribution in [3.8, 4) is 17.9 Å². The third-order valence-electron chi connectivity index (χ3n) is 7.55. The monoisotopic (exact) mass is 498 g/mol. The smallest absolute Gasteiger partial charge is 0.162 e. The minimum Gasteiger partial charge on any atom is -0.497 e. The molecule has 36 heavy (non-hydrogen) atoms. The number of aryl methyl sites for hydroxylation is 1. The number of anilines is 1. The van der Waals surface area contributed by atoms with E-state index in [4.69, 9.17) is 10.5 Å². The van der Waals surface area contributed by atoms with Crippen LogP contribution in [0.4, 0.5) is 5.00 Å². The summed E-state index contributed by atoms with van der Waals surface area (Å²) < 4.78 is 5.32. The fraction of sp³-hybridized carbons (Fsp3) is 0.414. The topological polar surface area (TPSA) is 103 Å². The number of nitrogens with two attached hydrogens (primary N) is 1. The van der Waals surface area contributed by atoms with Crippen molar-refractivity contribution in [2.75, 3.05) is 12.0 Å². The Hall–Kier alpha value is -3.55. The number of carbonyl (C=O) groups excluding carboxylic acids is 1. The summed E-state index contributed by atoms with van der Waals surface area (Å²) in [6.45, 7) is 4.17. The number of methoxy groups -OCH3 is 1. The first-order valence-corrected chi connectivity index (χ1v) is 13.3. The molecule has 0 radical (unpaired) electrons. The summed E-state index contributed by atoms with van der Waals surface area (Å²) in [7, 11) is 1.61. The quantitative estimate of drug-likeness (QED) is 0.534. The van der Waals surface area contributed by atoms with Crippen molar-refractivity contribution in [2.24, 2.45) is 11.1 Å². The zero-order chi connectivity index (χ0) is 25.6. The number of nitriles is 2. The van der Waals surface area contributed by atoms with E-state index in [1.54, 1.807) is 18.4 Å². The molecule has 7 heteroatoms. The zero-order valence-electron chi connectivity index (χ0n) is 21.0. The van der Waals surface area contributed by atoms with Crippen LogP contribution in [0.5, 0.6) is 5.75 Å². The Kier molecular flexibility index (Phi) is 6.14. The van der Waals surface area contributed by atoms with Crippen LogP contribution in [-0.4, -0.2) is 12.9 Å². The molecular formula is C29H30N4O2S. The predicted molar refractivity (Wildman–Crippen MR) is 140 cm³/mol. The van der Waals surface area contributed by atoms with E-state index in [1.807, 2.05) is 29.2 Å². The maximum Gasteiger partial charge on any atom is 0.162 e. The molecule has 0 saturated heterocycles. The van der Waals surface area contributed by atoms with Gasteiger partial charge in [0.15, 0.2) is 5.78 Å². The standard InChI is InChI=1S/C29H30N4O2S/c1-29(2)13-22-26(23(34)14-29)25(17-9-11-18(35-3)12-10-17)21(16-31)27(32)33(22)28-20(15-30)19-7-5-4-6-8-24(19)36-28/h9-12,25H,4-8,13-14,32H2,1-3H3/t25-/m1/s1. The van der Waals surface area contributed by atoms with Crippen LogP contribution in [0.1, 0.15) is 73.4 Å². The van der Waals surface area contributed by atoms with E-state index in [2.05, 4.69) is 26.0 Å². The van der Waals surface area contributed by atoms with E-state index in [0.29, 0.717) is 41.1 Å². The van der Waals surface area contributed by atoms with Crippen molar-refractivity contribution < 1.29 is 9.53 Å². The lowest BCUT2D eigenvalue weighted by molar-refractivity contribution is -0.118. The fourth-order valence-electron chi connectivity index (χ4n) is 5.87. The number of fused-ring (bicyclic) bond motifs is 1. The molecule has 0 saturated carbocycles. The highest BCUT2D eigenvalue weighted by Gasteiger charge is 2.45. The molecule has 3 aliphatic rings. The number of ether oxygens (including phenoxy) is 1. The van der Waals surface area contributed by atoms with Gasteiger partial charge in [-0.25, -0.2) is 0 Å². The molecule has 184 valence electrons. The highest BCUT2D eigenvalue weighted by atomic mass is 32.1. The van der Waals surface area contributed by atoms with Gasteiger partial charge in [-0.2, -0.15) is 10.5 Å². The summed E-state index contributed by atoms with van der Waals surface area (Å²) in [5, 5.41) is 21.3. The fourth-order valence-corrected chi connectivity index (χ4v) is 7.25. The molecule has 2 aliphatic carbocycles. The van der Waals surface area contributed by atoms with Crippen LogP contribution in [0.15, 0.2) is 46.9 Å². The number of ketones is 1. The highest BCUT2D eigenvalue weighted by molar-refractivity contribution is 7.16. The van der Waals surface area contributed by atoms with Gasteiger partial charge in [-0.15, -0.1) is 11.3 Å². The Morgan fingerprint density at radius 3 is 2.47 bits per heavy atom. The predicted octanol–water partition coefficient (Wildman–Crippen LogP) is 5.84. The number of benzene rings is 1. The molecule has 2 heterocycles. The second-order valence-corrected chi connectivity index (χ2v) is 11.7. The first-order chi connectivity index (χ1) is 17.3. The number of carbonyl (C=O) groups is 1. The molecule has 0 amide bonds. The van der Waals surface area contributed by atoms with Gasteiger partial charge in [-0.05, 0) is 60.8 Å². The van der Waals surface area contributed by atoms with Crippen LogP contribution in [0.2, 0.25) is 0 Å². The number of allylic oxidation sites excluding steroid dienone is 3. The Morgan fingerprint density at radius 2 is 1.81 bits per heavy atom. The lowest BCUT2D eigenvalue weighted by Crippen LogP contribution is -2.42. The van der Waals surface area contributed by atoms with Crippen LogP contribution in [0.25, 0.3) is 0 Å². The minimum absolute atomic E-state index is 0.0314. The average molecular weight is 499 g/mol. The lowest BCUT2D eigenvalue weighted by atomic mass is 9.68. The van der Waals surface area contributed by atoms with Gasteiger partial charge < -0.3 is 10.5 Å². The average Bonchev–Trinajstić information content (AvgIpc) is 3.02. The van der Waals surface area contributed by atoms with Crippen LogP contribution in [-0.2, 0) is 17.6 Å². The number of nitrogens with zero attached hydrogens (tertiary/aromatic N) is 3. The Morgan fingerprint density at radius 1 is 1.08 bits per heavy atom. The summed E-state index contributed by atoms with van der Waals surface area (Å²) in [5.74, 6) is 0.509. The normalized spacial score (nSPS) is 21.3. The minimum atomic E-state index is -0.543. The molecule has 2 aromatic rings. The molecule has 5 rings (SSSR count). The SMILES string of the molecule is COc1ccc([C@@H]2C(C#N)=C(N)N(c3sc4c(c3C#N)CCCCC4)C3=C2C(=O)CC(C)(C)C3)cc1. The van der Waals surface area contributed by atoms with Gasteiger partial charge in [0, 0.05) is 22.6 Å². The molecule has 0 spiro atoms. The molecule has 2 N–H and O–H groups in total. The maximum absolute atomic E-state index is 13.7. The van der Waals surface area contributed by atoms with E-state index in [0.717, 1.165) is 53.9 Å². The van der Waals surface area contributed by atoms with Gasteiger partial charge in [0.05, 0.1) is 30.2 Å². The molecule has 0 fully saturated rings. The molecule has 6 nitrogen and oxygen atoms in total. The van der Waals surface area contributed by atoms with Crippen LogP contribution < -0.4 is 15.4 Å². The van der Waals surface area contributed by atoms with Crippen molar-refractivity contribution in [3.05, 3.63) is 68.5 Å². The summed E-state index contributed by atoms with van der Waals surface area (Å²) in [6, 6.07) is 12.3. The van der Waals surface area contributed by atoms with Gasteiger partial charge in [0.1, 0.15) is 22.6 Å². The van der Waals surface area contributed by atoms with Gasteiger partial charge in [0.2, 0.25) is 0 Å². The second kappa shape index (κ2) is 9.15. The van der Waals surface area contributed by atoms with E-state index in [9.17, 15) is 15.3 Å².